The molecule has 0 aromatic heterocycles. The Morgan fingerprint density at radius 2 is 1.90 bits per heavy atom. The van der Waals surface area contributed by atoms with Gasteiger partial charge in [-0.1, -0.05) is 54.1 Å². The van der Waals surface area contributed by atoms with Crippen molar-refractivity contribution in [2.75, 3.05) is 19.6 Å². The highest BCUT2D eigenvalue weighted by Crippen LogP contribution is 2.25. The first kappa shape index (κ1) is 14.6. The average molecular weight is 301 g/mol. The Balaban J connectivity index is 1.45. The van der Waals surface area contributed by atoms with Crippen molar-refractivity contribution in [3.63, 3.8) is 0 Å². The predicted molar refractivity (Wildman–Crippen MR) is 88.6 cm³/mol. The van der Waals surface area contributed by atoms with Gasteiger partial charge in [0.1, 0.15) is 0 Å². The molecule has 0 bridgehead atoms. The topological polar surface area (TPSA) is 15.3 Å². The number of nitrogens with zero attached hydrogens (tertiary/aromatic N) is 1. The second-order valence-electron chi connectivity index (χ2n) is 5.57. The summed E-state index contributed by atoms with van der Waals surface area (Å²) >= 11 is 6.25. The molecule has 3 rings (SSSR count). The molecule has 1 aliphatic rings. The first-order valence-electron chi connectivity index (χ1n) is 7.56. The minimum absolute atomic E-state index is 0.925. The predicted octanol–water partition coefficient (Wildman–Crippen LogP) is 3.49. The van der Waals surface area contributed by atoms with Gasteiger partial charge < -0.3 is 5.32 Å². The Morgan fingerprint density at radius 1 is 1.05 bits per heavy atom. The number of halogens is 1. The number of fused-ring (bicyclic) bond motifs is 1. The molecule has 0 fully saturated rings. The molecular formula is C18H21ClN2. The number of nitrogens with one attached hydrogen (secondary N) is 1. The molecule has 0 unspecified atom stereocenters. The fourth-order valence-corrected chi connectivity index (χ4v) is 3.17. The molecule has 1 heterocycles. The van der Waals surface area contributed by atoms with Crippen molar-refractivity contribution in [2.45, 2.75) is 19.5 Å². The maximum atomic E-state index is 6.25. The van der Waals surface area contributed by atoms with Gasteiger partial charge >= 0.3 is 0 Å². The monoisotopic (exact) mass is 300 g/mol. The molecule has 0 spiro atoms. The molecule has 0 atom stereocenters. The molecule has 0 radical (unpaired) electrons. The van der Waals surface area contributed by atoms with Crippen molar-refractivity contribution in [2.24, 2.45) is 0 Å². The molecule has 0 saturated carbocycles. The Kier molecular flexibility index (Phi) is 4.91. The van der Waals surface area contributed by atoms with Crippen LogP contribution >= 0.6 is 11.6 Å². The van der Waals surface area contributed by atoms with Crippen molar-refractivity contribution >= 4 is 11.6 Å². The highest BCUT2D eigenvalue weighted by atomic mass is 35.5. The molecule has 2 nitrogen and oxygen atoms in total. The van der Waals surface area contributed by atoms with E-state index in [1.165, 1.54) is 16.7 Å². The molecule has 3 heteroatoms. The molecular weight excluding hydrogens is 280 g/mol. The van der Waals surface area contributed by atoms with Crippen molar-refractivity contribution in [3.8, 4) is 0 Å². The van der Waals surface area contributed by atoms with Gasteiger partial charge in [-0.15, -0.1) is 0 Å². The summed E-state index contributed by atoms with van der Waals surface area (Å²) in [5.41, 5.74) is 4.07. The van der Waals surface area contributed by atoms with E-state index in [0.29, 0.717) is 0 Å². The van der Waals surface area contributed by atoms with Gasteiger partial charge in [-0.25, -0.2) is 0 Å². The zero-order chi connectivity index (χ0) is 14.5. The van der Waals surface area contributed by atoms with Gasteiger partial charge in [0.2, 0.25) is 0 Å². The lowest BCUT2D eigenvalue weighted by molar-refractivity contribution is 0.254. The number of rotatable bonds is 5. The standard InChI is InChI=1S/C18H21ClN2/c19-18-8-4-7-16-14-21(11-9-17(16)18)12-10-20-13-15-5-2-1-3-6-15/h1-8,20H,9-14H2. The number of hydrogen-bond donors (Lipinski definition) is 1. The Bertz CT molecular complexity index is 583. The molecule has 0 aliphatic carbocycles. The third-order valence-corrected chi connectivity index (χ3v) is 4.42. The number of hydrogen-bond acceptors (Lipinski definition) is 2. The highest BCUT2D eigenvalue weighted by molar-refractivity contribution is 6.31. The first-order chi connectivity index (χ1) is 10.3. The summed E-state index contributed by atoms with van der Waals surface area (Å²) in [6, 6.07) is 16.8. The normalized spacial score (nSPS) is 14.9. The van der Waals surface area contributed by atoms with Crippen LogP contribution < -0.4 is 5.32 Å². The van der Waals surface area contributed by atoms with Crippen LogP contribution in [-0.4, -0.2) is 24.5 Å². The van der Waals surface area contributed by atoms with Gasteiger partial charge in [0.25, 0.3) is 0 Å². The number of benzene rings is 2. The average Bonchev–Trinajstić information content (AvgIpc) is 2.53. The van der Waals surface area contributed by atoms with Gasteiger partial charge in [0, 0.05) is 37.7 Å². The molecule has 21 heavy (non-hydrogen) atoms. The first-order valence-corrected chi connectivity index (χ1v) is 7.94. The minimum atomic E-state index is 0.925. The van der Waals surface area contributed by atoms with Gasteiger partial charge in [-0.2, -0.15) is 0 Å². The van der Waals surface area contributed by atoms with E-state index in [9.17, 15) is 0 Å². The smallest absolute Gasteiger partial charge is 0.0441 e. The summed E-state index contributed by atoms with van der Waals surface area (Å²) in [5.74, 6) is 0. The quantitative estimate of drug-likeness (QED) is 0.851. The zero-order valence-electron chi connectivity index (χ0n) is 12.2. The third-order valence-electron chi connectivity index (χ3n) is 4.06. The van der Waals surface area contributed by atoms with Crippen molar-refractivity contribution in [1.29, 1.82) is 0 Å². The van der Waals surface area contributed by atoms with E-state index in [1.807, 2.05) is 6.07 Å². The van der Waals surface area contributed by atoms with Crippen molar-refractivity contribution in [3.05, 3.63) is 70.2 Å². The SMILES string of the molecule is Clc1cccc2c1CCN(CCNCc1ccccc1)C2. The lowest BCUT2D eigenvalue weighted by Gasteiger charge is -2.29. The maximum Gasteiger partial charge on any atom is 0.0441 e. The molecule has 1 N–H and O–H groups in total. The van der Waals surface area contributed by atoms with Crippen LogP contribution in [0.1, 0.15) is 16.7 Å². The van der Waals surface area contributed by atoms with E-state index in [-0.39, 0.29) is 0 Å². The summed E-state index contributed by atoms with van der Waals surface area (Å²) in [7, 11) is 0. The highest BCUT2D eigenvalue weighted by Gasteiger charge is 2.17. The van der Waals surface area contributed by atoms with Crippen LogP contribution in [0.4, 0.5) is 0 Å². The van der Waals surface area contributed by atoms with E-state index in [0.717, 1.165) is 44.2 Å². The second-order valence-corrected chi connectivity index (χ2v) is 5.97. The lowest BCUT2D eigenvalue weighted by Crippen LogP contribution is -2.36. The van der Waals surface area contributed by atoms with E-state index < -0.39 is 0 Å². The van der Waals surface area contributed by atoms with E-state index >= 15 is 0 Å². The summed E-state index contributed by atoms with van der Waals surface area (Å²) < 4.78 is 0. The van der Waals surface area contributed by atoms with Crippen LogP contribution in [0.3, 0.4) is 0 Å². The van der Waals surface area contributed by atoms with Crippen molar-refractivity contribution in [1.82, 2.24) is 10.2 Å². The van der Waals surface area contributed by atoms with Crippen LogP contribution in [0.2, 0.25) is 5.02 Å². The molecule has 0 saturated heterocycles. The van der Waals surface area contributed by atoms with Crippen LogP contribution in [0.25, 0.3) is 0 Å². The Labute approximate surface area is 131 Å². The van der Waals surface area contributed by atoms with Crippen LogP contribution in [0.5, 0.6) is 0 Å². The maximum absolute atomic E-state index is 6.25. The summed E-state index contributed by atoms with van der Waals surface area (Å²) in [6.07, 6.45) is 1.06. The van der Waals surface area contributed by atoms with Gasteiger partial charge in [0.05, 0.1) is 0 Å². The lowest BCUT2D eigenvalue weighted by atomic mass is 10.00. The van der Waals surface area contributed by atoms with Gasteiger partial charge in [0.15, 0.2) is 0 Å². The van der Waals surface area contributed by atoms with Crippen LogP contribution in [-0.2, 0) is 19.5 Å². The van der Waals surface area contributed by atoms with E-state index in [4.69, 9.17) is 11.6 Å². The molecule has 0 amide bonds. The summed E-state index contributed by atoms with van der Waals surface area (Å²) in [6.45, 7) is 5.16. The third kappa shape index (κ3) is 3.85. The summed E-state index contributed by atoms with van der Waals surface area (Å²) in [4.78, 5) is 2.50. The van der Waals surface area contributed by atoms with E-state index in [2.05, 4.69) is 52.7 Å². The Hall–Kier alpha value is -1.35. The molecule has 1 aliphatic heterocycles. The van der Waals surface area contributed by atoms with Crippen LogP contribution in [0.15, 0.2) is 48.5 Å². The fourth-order valence-electron chi connectivity index (χ4n) is 2.88. The molecule has 2 aromatic rings. The van der Waals surface area contributed by atoms with Gasteiger partial charge in [-0.05, 0) is 29.2 Å². The minimum Gasteiger partial charge on any atom is -0.311 e. The fraction of sp³-hybridized carbons (Fsp3) is 0.333. The summed E-state index contributed by atoms with van der Waals surface area (Å²) in [5, 5.41) is 4.44. The Morgan fingerprint density at radius 3 is 2.76 bits per heavy atom. The zero-order valence-corrected chi connectivity index (χ0v) is 12.9. The molecule has 110 valence electrons. The largest absolute Gasteiger partial charge is 0.311 e. The van der Waals surface area contributed by atoms with Crippen molar-refractivity contribution < 1.29 is 0 Å². The van der Waals surface area contributed by atoms with E-state index in [1.54, 1.807) is 0 Å². The van der Waals surface area contributed by atoms with Gasteiger partial charge in [-0.3, -0.25) is 4.90 Å². The second kappa shape index (κ2) is 7.08. The van der Waals surface area contributed by atoms with Crippen LogP contribution in [0, 0.1) is 0 Å². The molecule has 2 aromatic carbocycles.